The number of benzene rings is 1. The van der Waals surface area contributed by atoms with E-state index in [-0.39, 0.29) is 23.4 Å². The highest BCUT2D eigenvalue weighted by Gasteiger charge is 2.36. The van der Waals surface area contributed by atoms with Crippen molar-refractivity contribution in [3.05, 3.63) is 46.0 Å². The van der Waals surface area contributed by atoms with Crippen molar-refractivity contribution in [3.8, 4) is 0 Å². The lowest BCUT2D eigenvalue weighted by atomic mass is 9.92. The van der Waals surface area contributed by atoms with E-state index >= 15 is 0 Å². The first-order valence-corrected chi connectivity index (χ1v) is 8.71. The monoisotopic (exact) mass is 323 g/mol. The van der Waals surface area contributed by atoms with Crippen molar-refractivity contribution in [2.75, 3.05) is 26.0 Å². The summed E-state index contributed by atoms with van der Waals surface area (Å²) in [6, 6.07) is 6.20. The number of nitrogens with one attached hydrogen (secondary N) is 1. The van der Waals surface area contributed by atoms with Crippen LogP contribution in [-0.4, -0.2) is 46.0 Å². The van der Waals surface area contributed by atoms with E-state index in [4.69, 9.17) is 4.74 Å². The third-order valence-corrected chi connectivity index (χ3v) is 4.33. The Balaban J connectivity index is 2.48. The van der Waals surface area contributed by atoms with E-state index in [1.165, 1.54) is 12.1 Å². The van der Waals surface area contributed by atoms with E-state index in [1.54, 1.807) is 12.1 Å². The molecule has 0 heterocycles. The average molecular weight is 323 g/mol. The maximum Gasteiger partial charge on any atom is 0.211 e. The standard InChI is InChI=1S/C15H17NO5S/c1-3-21-9-8-16-12-13(17)10-6-4-5-7-11(10)14(18)15(12)22(2,19)20/h4-7,16H,3,8-9H2,1-2H3. The lowest BCUT2D eigenvalue weighted by molar-refractivity contribution is 0.0970. The van der Waals surface area contributed by atoms with Crippen LogP contribution in [-0.2, 0) is 14.6 Å². The van der Waals surface area contributed by atoms with Gasteiger partial charge in [0.1, 0.15) is 10.6 Å². The fraction of sp³-hybridized carbons (Fsp3) is 0.333. The quantitative estimate of drug-likeness (QED) is 0.784. The first-order valence-electron chi connectivity index (χ1n) is 6.82. The summed E-state index contributed by atoms with van der Waals surface area (Å²) < 4.78 is 29.0. The Morgan fingerprint density at radius 2 is 1.68 bits per heavy atom. The van der Waals surface area contributed by atoms with Gasteiger partial charge in [0.25, 0.3) is 0 Å². The van der Waals surface area contributed by atoms with E-state index in [1.807, 2.05) is 6.92 Å². The minimum Gasteiger partial charge on any atom is -0.380 e. The second-order valence-electron chi connectivity index (χ2n) is 4.80. The zero-order chi connectivity index (χ0) is 16.3. The Labute approximate surface area is 129 Å². The maximum atomic E-state index is 12.5. The van der Waals surface area contributed by atoms with Crippen LogP contribution in [0.1, 0.15) is 27.6 Å². The SMILES string of the molecule is CCOCCNC1=C(S(C)(=O)=O)C(=O)c2ccccc2C1=O. The van der Waals surface area contributed by atoms with Crippen molar-refractivity contribution in [1.82, 2.24) is 5.32 Å². The number of rotatable bonds is 6. The molecule has 0 saturated heterocycles. The Hall–Kier alpha value is -1.99. The van der Waals surface area contributed by atoms with Gasteiger partial charge in [0.2, 0.25) is 11.6 Å². The summed E-state index contributed by atoms with van der Waals surface area (Å²) >= 11 is 0. The summed E-state index contributed by atoms with van der Waals surface area (Å²) in [6.07, 6.45) is 0.922. The van der Waals surface area contributed by atoms with Gasteiger partial charge >= 0.3 is 0 Å². The number of sulfone groups is 1. The van der Waals surface area contributed by atoms with Crippen LogP contribution in [0.25, 0.3) is 0 Å². The number of ether oxygens (including phenoxy) is 1. The summed E-state index contributed by atoms with van der Waals surface area (Å²) in [7, 11) is -3.84. The largest absolute Gasteiger partial charge is 0.380 e. The molecule has 0 saturated carbocycles. The molecule has 6 nitrogen and oxygen atoms in total. The van der Waals surface area contributed by atoms with Gasteiger partial charge in [-0.3, -0.25) is 9.59 Å². The van der Waals surface area contributed by atoms with Crippen molar-refractivity contribution in [2.45, 2.75) is 6.92 Å². The van der Waals surface area contributed by atoms with Crippen molar-refractivity contribution >= 4 is 21.4 Å². The molecule has 0 aliphatic heterocycles. The fourth-order valence-electron chi connectivity index (χ4n) is 2.26. The predicted octanol–water partition coefficient (Wildman–Crippen LogP) is 0.948. The number of fused-ring (bicyclic) bond motifs is 1. The summed E-state index contributed by atoms with van der Waals surface area (Å²) in [5.74, 6) is -1.15. The third-order valence-electron chi connectivity index (χ3n) is 3.20. The first-order chi connectivity index (χ1) is 10.4. The molecule has 1 aliphatic rings. The molecule has 1 aliphatic carbocycles. The topological polar surface area (TPSA) is 89.5 Å². The van der Waals surface area contributed by atoms with Crippen LogP contribution >= 0.6 is 0 Å². The van der Waals surface area contributed by atoms with Gasteiger partial charge in [0.15, 0.2) is 9.84 Å². The van der Waals surface area contributed by atoms with Crippen LogP contribution in [0, 0.1) is 0 Å². The number of allylic oxidation sites excluding steroid dienone is 2. The second kappa shape index (κ2) is 6.41. The van der Waals surface area contributed by atoms with Crippen LogP contribution in [0.2, 0.25) is 0 Å². The summed E-state index contributed by atoms with van der Waals surface area (Å²) in [4.78, 5) is 24.5. The molecule has 2 rings (SSSR count). The molecule has 1 N–H and O–H groups in total. The molecule has 0 atom stereocenters. The molecule has 0 radical (unpaired) electrons. The van der Waals surface area contributed by atoms with E-state index in [9.17, 15) is 18.0 Å². The van der Waals surface area contributed by atoms with E-state index < -0.39 is 26.3 Å². The zero-order valence-corrected chi connectivity index (χ0v) is 13.2. The van der Waals surface area contributed by atoms with E-state index in [0.717, 1.165) is 6.26 Å². The Kier molecular flexibility index (Phi) is 4.77. The summed E-state index contributed by atoms with van der Waals surface area (Å²) in [6.45, 7) is 2.88. The Morgan fingerprint density at radius 3 is 2.23 bits per heavy atom. The molecule has 22 heavy (non-hydrogen) atoms. The summed E-state index contributed by atoms with van der Waals surface area (Å²) in [5.41, 5.74) is 0.146. The third kappa shape index (κ3) is 3.10. The number of hydrogen-bond acceptors (Lipinski definition) is 6. The van der Waals surface area contributed by atoms with Crippen LogP contribution in [0.5, 0.6) is 0 Å². The molecule has 0 spiro atoms. The average Bonchev–Trinajstić information content (AvgIpc) is 2.47. The number of ketones is 2. The molecule has 1 aromatic carbocycles. The molecular weight excluding hydrogens is 306 g/mol. The minimum atomic E-state index is -3.84. The van der Waals surface area contributed by atoms with Crippen molar-refractivity contribution in [2.24, 2.45) is 0 Å². The molecule has 1 aromatic rings. The molecule has 0 bridgehead atoms. The Bertz CT molecular complexity index is 749. The highest BCUT2D eigenvalue weighted by Crippen LogP contribution is 2.27. The van der Waals surface area contributed by atoms with Gasteiger partial charge in [-0.1, -0.05) is 24.3 Å². The van der Waals surface area contributed by atoms with Crippen LogP contribution in [0.15, 0.2) is 34.9 Å². The molecule has 118 valence electrons. The Morgan fingerprint density at radius 1 is 1.09 bits per heavy atom. The molecule has 0 fully saturated rings. The molecular formula is C15H17NO5S. The second-order valence-corrected chi connectivity index (χ2v) is 6.76. The van der Waals surface area contributed by atoms with Gasteiger partial charge in [0, 0.05) is 30.5 Å². The van der Waals surface area contributed by atoms with Crippen LogP contribution < -0.4 is 5.32 Å². The number of hydrogen-bond donors (Lipinski definition) is 1. The predicted molar refractivity (Wildman–Crippen MR) is 81.5 cm³/mol. The molecule has 0 unspecified atom stereocenters. The summed E-state index contributed by atoms with van der Waals surface area (Å²) in [5, 5.41) is 2.74. The minimum absolute atomic E-state index is 0.114. The maximum absolute atomic E-state index is 12.5. The number of carbonyl (C=O) groups is 2. The van der Waals surface area contributed by atoms with Crippen molar-refractivity contribution in [3.63, 3.8) is 0 Å². The molecule has 0 amide bonds. The smallest absolute Gasteiger partial charge is 0.211 e. The highest BCUT2D eigenvalue weighted by molar-refractivity contribution is 7.95. The number of carbonyl (C=O) groups excluding carboxylic acids is 2. The fourth-order valence-corrected chi connectivity index (χ4v) is 3.24. The van der Waals surface area contributed by atoms with Crippen LogP contribution in [0.3, 0.4) is 0 Å². The van der Waals surface area contributed by atoms with E-state index in [2.05, 4.69) is 5.32 Å². The van der Waals surface area contributed by atoms with E-state index in [0.29, 0.717) is 13.2 Å². The highest BCUT2D eigenvalue weighted by atomic mass is 32.2. The lowest BCUT2D eigenvalue weighted by Gasteiger charge is -2.20. The zero-order valence-electron chi connectivity index (χ0n) is 12.4. The van der Waals surface area contributed by atoms with Gasteiger partial charge in [-0.25, -0.2) is 8.42 Å². The molecule has 0 aromatic heterocycles. The van der Waals surface area contributed by atoms with Gasteiger partial charge in [-0.2, -0.15) is 0 Å². The van der Waals surface area contributed by atoms with Gasteiger partial charge in [-0.05, 0) is 6.92 Å². The number of Topliss-reactive ketones (excluding diaryl/α,β-unsaturated/α-hetero) is 2. The van der Waals surface area contributed by atoms with Gasteiger partial charge < -0.3 is 10.1 Å². The normalized spacial score (nSPS) is 15.0. The van der Waals surface area contributed by atoms with Crippen molar-refractivity contribution in [1.29, 1.82) is 0 Å². The molecule has 7 heteroatoms. The van der Waals surface area contributed by atoms with Gasteiger partial charge in [-0.15, -0.1) is 0 Å². The first kappa shape index (κ1) is 16.4. The van der Waals surface area contributed by atoms with Crippen LogP contribution in [0.4, 0.5) is 0 Å². The van der Waals surface area contributed by atoms with Crippen molar-refractivity contribution < 1.29 is 22.7 Å². The van der Waals surface area contributed by atoms with Gasteiger partial charge in [0.05, 0.1) is 6.61 Å². The lowest BCUT2D eigenvalue weighted by Crippen LogP contribution is -2.34.